The van der Waals surface area contributed by atoms with E-state index in [1.54, 1.807) is 24.8 Å². The Hall–Kier alpha value is -2.48. The Labute approximate surface area is 152 Å². The van der Waals surface area contributed by atoms with Gasteiger partial charge in [-0.25, -0.2) is 9.97 Å². The maximum absolute atomic E-state index is 10.8. The van der Waals surface area contributed by atoms with Gasteiger partial charge in [-0.15, -0.1) is 0 Å². The summed E-state index contributed by atoms with van der Waals surface area (Å²) in [4.78, 5) is 16.2. The first-order valence-electron chi connectivity index (χ1n) is 7.61. The molecule has 0 spiro atoms. The minimum absolute atomic E-state index is 0.299. The van der Waals surface area contributed by atoms with Gasteiger partial charge in [-0.2, -0.15) is 0 Å². The number of fused-ring (bicyclic) bond motifs is 1. The maximum Gasteiger partial charge on any atom is 0.184 e. The van der Waals surface area contributed by atoms with Crippen LogP contribution in [0.2, 0.25) is 5.15 Å². The summed E-state index contributed by atoms with van der Waals surface area (Å²) >= 11 is 7.59. The number of anilines is 1. The quantitative estimate of drug-likeness (QED) is 0.497. The predicted molar refractivity (Wildman–Crippen MR) is 98.8 cm³/mol. The molecule has 0 radical (unpaired) electrons. The molecule has 4 heterocycles. The van der Waals surface area contributed by atoms with Crippen LogP contribution in [-0.2, 0) is 6.54 Å². The number of pyridine rings is 2. The van der Waals surface area contributed by atoms with E-state index in [1.807, 2.05) is 24.3 Å². The number of aromatic nitrogens is 4. The smallest absolute Gasteiger partial charge is 0.184 e. The minimum Gasteiger partial charge on any atom is -0.383 e. The average Bonchev–Trinajstić information content (AvgIpc) is 3.24. The molecule has 1 unspecified atom stereocenters. The van der Waals surface area contributed by atoms with Crippen molar-refractivity contribution in [2.75, 3.05) is 5.32 Å². The maximum atomic E-state index is 10.8. The number of hydrogen-bond acceptors (Lipinski definition) is 6. The van der Waals surface area contributed by atoms with Gasteiger partial charge in [-0.3, -0.25) is 4.98 Å². The van der Waals surface area contributed by atoms with Gasteiger partial charge in [-0.05, 0) is 29.8 Å². The zero-order valence-corrected chi connectivity index (χ0v) is 14.6. The summed E-state index contributed by atoms with van der Waals surface area (Å²) in [5.41, 5.74) is 2.55. The Balaban J connectivity index is 1.57. The monoisotopic (exact) mass is 371 g/mol. The molecule has 4 aromatic heterocycles. The second-order valence-corrected chi connectivity index (χ2v) is 6.82. The number of rotatable bonds is 5. The van der Waals surface area contributed by atoms with Crippen molar-refractivity contribution in [3.63, 3.8) is 0 Å². The third-order valence-corrected chi connectivity index (χ3v) is 5.29. The van der Waals surface area contributed by atoms with Crippen molar-refractivity contribution in [1.29, 1.82) is 0 Å². The zero-order chi connectivity index (χ0) is 17.2. The molecule has 0 bridgehead atoms. The fourth-order valence-electron chi connectivity index (χ4n) is 2.58. The van der Waals surface area contributed by atoms with E-state index in [2.05, 4.69) is 25.3 Å². The summed E-state index contributed by atoms with van der Waals surface area (Å²) in [6.45, 7) is 0.610. The van der Waals surface area contributed by atoms with Crippen LogP contribution in [0.5, 0.6) is 0 Å². The molecule has 25 heavy (non-hydrogen) atoms. The van der Waals surface area contributed by atoms with Gasteiger partial charge in [0.2, 0.25) is 0 Å². The van der Waals surface area contributed by atoms with E-state index in [0.717, 1.165) is 22.2 Å². The molecule has 8 heteroatoms. The summed E-state index contributed by atoms with van der Waals surface area (Å²) < 4.78 is 0. The molecule has 4 aromatic rings. The van der Waals surface area contributed by atoms with Crippen LogP contribution >= 0.6 is 22.9 Å². The molecule has 4 rings (SSSR count). The fourth-order valence-corrected chi connectivity index (χ4v) is 3.79. The molecular formula is C17H14ClN5OS. The molecule has 1 atom stereocenters. The van der Waals surface area contributed by atoms with Crippen LogP contribution in [0.25, 0.3) is 11.0 Å². The number of hydrogen-bond donors (Lipinski definition) is 3. The fraction of sp³-hybridized carbons (Fsp3) is 0.118. The second kappa shape index (κ2) is 6.79. The van der Waals surface area contributed by atoms with Gasteiger partial charge in [0.25, 0.3) is 0 Å². The van der Waals surface area contributed by atoms with Gasteiger partial charge in [0, 0.05) is 42.3 Å². The highest BCUT2D eigenvalue weighted by atomic mass is 35.5. The largest absolute Gasteiger partial charge is 0.383 e. The van der Waals surface area contributed by atoms with E-state index in [-0.39, 0.29) is 0 Å². The summed E-state index contributed by atoms with van der Waals surface area (Å²) in [6.07, 6.45) is 6.08. The normalized spacial score (nSPS) is 12.4. The molecule has 0 aliphatic carbocycles. The van der Waals surface area contributed by atoms with E-state index in [1.165, 1.54) is 11.3 Å². The van der Waals surface area contributed by atoms with Crippen LogP contribution in [0, 0.1) is 0 Å². The highest BCUT2D eigenvalue weighted by Gasteiger charge is 2.22. The van der Waals surface area contributed by atoms with E-state index in [0.29, 0.717) is 21.7 Å². The molecule has 0 saturated carbocycles. The molecule has 0 amide bonds. The Morgan fingerprint density at radius 1 is 1.24 bits per heavy atom. The lowest BCUT2D eigenvalue weighted by molar-refractivity contribution is 0.225. The number of nitrogens with zero attached hydrogens (tertiary/aromatic N) is 3. The second-order valence-electron chi connectivity index (χ2n) is 5.43. The molecule has 0 fully saturated rings. The van der Waals surface area contributed by atoms with Gasteiger partial charge in [0.1, 0.15) is 16.9 Å². The first-order valence-corrected chi connectivity index (χ1v) is 8.81. The lowest BCUT2D eigenvalue weighted by Crippen LogP contribution is -1.98. The highest BCUT2D eigenvalue weighted by molar-refractivity contribution is 7.16. The molecule has 126 valence electrons. The third-order valence-electron chi connectivity index (χ3n) is 3.83. The number of aliphatic hydroxyl groups excluding tert-OH is 1. The number of aliphatic hydroxyl groups is 1. The third kappa shape index (κ3) is 3.21. The summed E-state index contributed by atoms with van der Waals surface area (Å²) in [5, 5.41) is 15.8. The van der Waals surface area contributed by atoms with Gasteiger partial charge in [0.15, 0.2) is 5.13 Å². The van der Waals surface area contributed by atoms with Crippen molar-refractivity contribution in [2.45, 2.75) is 12.6 Å². The van der Waals surface area contributed by atoms with Crippen molar-refractivity contribution in [1.82, 2.24) is 19.9 Å². The van der Waals surface area contributed by atoms with E-state index >= 15 is 0 Å². The Kier molecular flexibility index (Phi) is 4.35. The summed E-state index contributed by atoms with van der Waals surface area (Å²) in [7, 11) is 0. The summed E-state index contributed by atoms with van der Waals surface area (Å²) in [6, 6.07) is 7.60. The number of H-pyrrole nitrogens is 1. The number of aromatic amines is 1. The SMILES string of the molecule is OC(c1sc(NCc2ccncc2)nc1Cl)c1c[nH]c2ncccc12. The average molecular weight is 372 g/mol. The topological polar surface area (TPSA) is 86.7 Å². The van der Waals surface area contributed by atoms with Crippen molar-refractivity contribution < 1.29 is 5.11 Å². The van der Waals surface area contributed by atoms with E-state index < -0.39 is 6.10 Å². The van der Waals surface area contributed by atoms with Crippen LogP contribution in [0.3, 0.4) is 0 Å². The summed E-state index contributed by atoms with van der Waals surface area (Å²) in [5.74, 6) is 0. The Morgan fingerprint density at radius 2 is 2.08 bits per heavy atom. The minimum atomic E-state index is -0.862. The molecule has 0 aliphatic heterocycles. The lowest BCUT2D eigenvalue weighted by Gasteiger charge is -2.07. The number of nitrogens with one attached hydrogen (secondary N) is 2. The standard InChI is InChI=1S/C17H14ClN5OS/c18-15-14(13(24)12-9-21-16-11(12)2-1-5-20-16)25-17(23-15)22-8-10-3-6-19-7-4-10/h1-7,9,13,24H,8H2,(H,20,21)(H,22,23). The number of thiazole rings is 1. The lowest BCUT2D eigenvalue weighted by atomic mass is 10.1. The molecular weight excluding hydrogens is 358 g/mol. The molecule has 0 aliphatic rings. The highest BCUT2D eigenvalue weighted by Crippen LogP contribution is 2.37. The van der Waals surface area contributed by atoms with Gasteiger partial charge < -0.3 is 15.4 Å². The van der Waals surface area contributed by atoms with Crippen LogP contribution in [0.1, 0.15) is 22.1 Å². The van der Waals surface area contributed by atoms with Crippen LogP contribution < -0.4 is 5.32 Å². The predicted octanol–water partition coefficient (Wildman–Crippen LogP) is 3.76. The van der Waals surface area contributed by atoms with Crippen LogP contribution in [0.15, 0.2) is 49.1 Å². The van der Waals surface area contributed by atoms with Gasteiger partial charge in [-0.1, -0.05) is 22.9 Å². The Bertz CT molecular complexity index is 1000. The Morgan fingerprint density at radius 3 is 2.92 bits per heavy atom. The van der Waals surface area contributed by atoms with Crippen molar-refractivity contribution in [3.05, 3.63) is 70.2 Å². The molecule has 3 N–H and O–H groups in total. The zero-order valence-electron chi connectivity index (χ0n) is 13.0. The van der Waals surface area contributed by atoms with Crippen molar-refractivity contribution in [3.8, 4) is 0 Å². The molecule has 0 aromatic carbocycles. The first kappa shape index (κ1) is 16.0. The van der Waals surface area contributed by atoms with Gasteiger partial charge >= 0.3 is 0 Å². The molecule has 6 nitrogen and oxygen atoms in total. The van der Waals surface area contributed by atoms with E-state index in [9.17, 15) is 5.11 Å². The van der Waals surface area contributed by atoms with Crippen molar-refractivity contribution >= 4 is 39.1 Å². The van der Waals surface area contributed by atoms with Crippen molar-refractivity contribution in [2.24, 2.45) is 0 Å². The number of halogens is 1. The van der Waals surface area contributed by atoms with Crippen LogP contribution in [-0.4, -0.2) is 25.0 Å². The van der Waals surface area contributed by atoms with Crippen LogP contribution in [0.4, 0.5) is 5.13 Å². The molecule has 0 saturated heterocycles. The van der Waals surface area contributed by atoms with Gasteiger partial charge in [0.05, 0.1) is 4.88 Å². The first-order chi connectivity index (χ1) is 12.2. The van der Waals surface area contributed by atoms with E-state index in [4.69, 9.17) is 11.6 Å².